The molecular weight excluding hydrogens is 392 g/mol. The summed E-state index contributed by atoms with van der Waals surface area (Å²) in [6.45, 7) is 2.09. The maximum absolute atomic E-state index is 12.2. The number of aromatic nitrogens is 2. The molecule has 1 aromatic carbocycles. The van der Waals surface area contributed by atoms with E-state index in [1.807, 2.05) is 35.8 Å². The average Bonchev–Trinajstić information content (AvgIpc) is 3.17. The van der Waals surface area contributed by atoms with E-state index < -0.39 is 0 Å². The molecule has 24 heavy (non-hydrogen) atoms. The van der Waals surface area contributed by atoms with E-state index >= 15 is 0 Å². The van der Waals surface area contributed by atoms with Gasteiger partial charge in [-0.3, -0.25) is 20.4 Å². The van der Waals surface area contributed by atoms with Gasteiger partial charge in [-0.05, 0) is 40.2 Å². The quantitative estimate of drug-likeness (QED) is 0.653. The van der Waals surface area contributed by atoms with Crippen LogP contribution in [0, 0.1) is 0 Å². The average molecular weight is 407 g/mol. The number of carbonyl (C=O) groups is 2. The largest absolute Gasteiger partial charge is 0.318 e. The summed E-state index contributed by atoms with van der Waals surface area (Å²) >= 11 is 4.60. The minimum absolute atomic E-state index is 0.0953. The molecule has 2 amide bonds. The number of para-hydroxylation sites is 2. The fourth-order valence-electron chi connectivity index (χ4n) is 2.38. The Bertz CT molecular complexity index is 903. The number of rotatable bonds is 4. The second-order valence-electron chi connectivity index (χ2n) is 5.06. The first-order valence-electron chi connectivity index (χ1n) is 7.37. The zero-order chi connectivity index (χ0) is 17.1. The number of imidazole rings is 1. The van der Waals surface area contributed by atoms with E-state index in [2.05, 4.69) is 31.8 Å². The second kappa shape index (κ2) is 7.14. The summed E-state index contributed by atoms with van der Waals surface area (Å²) < 4.78 is 2.72. The lowest BCUT2D eigenvalue weighted by atomic mass is 10.3. The molecule has 3 aromatic rings. The lowest BCUT2D eigenvalue weighted by Gasteiger charge is -2.09. The minimum Gasteiger partial charge on any atom is -0.318 e. The summed E-state index contributed by atoms with van der Waals surface area (Å²) in [5.74, 6) is 0.182. The molecule has 0 fully saturated rings. The Morgan fingerprint density at radius 1 is 1.21 bits per heavy atom. The topological polar surface area (TPSA) is 76.0 Å². The molecule has 2 heterocycles. The third-order valence-corrected chi connectivity index (χ3v) is 5.09. The van der Waals surface area contributed by atoms with Gasteiger partial charge in [0, 0.05) is 6.42 Å². The predicted octanol–water partition coefficient (Wildman–Crippen LogP) is 2.88. The number of hydrazine groups is 1. The zero-order valence-electron chi connectivity index (χ0n) is 12.9. The van der Waals surface area contributed by atoms with Crippen molar-refractivity contribution in [2.45, 2.75) is 19.9 Å². The van der Waals surface area contributed by atoms with Crippen molar-refractivity contribution in [2.24, 2.45) is 0 Å². The first-order valence-corrected chi connectivity index (χ1v) is 8.98. The van der Waals surface area contributed by atoms with Crippen LogP contribution in [0.15, 0.2) is 40.2 Å². The monoisotopic (exact) mass is 406 g/mol. The number of nitrogens with zero attached hydrogens (tertiary/aromatic N) is 2. The van der Waals surface area contributed by atoms with Crippen molar-refractivity contribution >= 4 is 50.1 Å². The summed E-state index contributed by atoms with van der Waals surface area (Å²) in [5, 5.41) is 0. The van der Waals surface area contributed by atoms with Crippen molar-refractivity contribution in [1.29, 1.82) is 0 Å². The molecule has 2 N–H and O–H groups in total. The number of benzene rings is 1. The molecular formula is C16H15BrN4O2S. The number of thiophene rings is 1. The number of aryl methyl sites for hydroxylation is 1. The molecule has 0 aliphatic carbocycles. The van der Waals surface area contributed by atoms with Gasteiger partial charge in [-0.25, -0.2) is 4.98 Å². The van der Waals surface area contributed by atoms with Crippen molar-refractivity contribution in [1.82, 2.24) is 20.4 Å². The van der Waals surface area contributed by atoms with Crippen LogP contribution in [0.5, 0.6) is 0 Å². The molecule has 0 atom stereocenters. The Morgan fingerprint density at radius 2 is 2.00 bits per heavy atom. The molecule has 0 aliphatic rings. The third-order valence-electron chi connectivity index (χ3n) is 3.46. The highest BCUT2D eigenvalue weighted by Crippen LogP contribution is 2.21. The van der Waals surface area contributed by atoms with Crippen LogP contribution in [-0.2, 0) is 17.8 Å². The Morgan fingerprint density at radius 3 is 2.71 bits per heavy atom. The van der Waals surface area contributed by atoms with Crippen molar-refractivity contribution in [3.05, 3.63) is 50.9 Å². The van der Waals surface area contributed by atoms with E-state index in [0.717, 1.165) is 27.1 Å². The standard InChI is InChI=1S/C16H15BrN4O2S/c1-2-14-18-10-5-3-4-6-11(10)21(14)9-15(22)19-20-16(23)12-7-8-13(17)24-12/h3-8H,2,9H2,1H3,(H,19,22)(H,20,23). The molecule has 124 valence electrons. The third kappa shape index (κ3) is 3.49. The van der Waals surface area contributed by atoms with Gasteiger partial charge < -0.3 is 4.57 Å². The molecule has 0 saturated carbocycles. The number of carbonyl (C=O) groups excluding carboxylic acids is 2. The van der Waals surface area contributed by atoms with Crippen molar-refractivity contribution < 1.29 is 9.59 Å². The second-order valence-corrected chi connectivity index (χ2v) is 7.53. The molecule has 6 nitrogen and oxygen atoms in total. The highest BCUT2D eigenvalue weighted by Gasteiger charge is 2.14. The Hall–Kier alpha value is -2.19. The Labute approximate surface area is 151 Å². The zero-order valence-corrected chi connectivity index (χ0v) is 15.3. The minimum atomic E-state index is -0.342. The van der Waals surface area contributed by atoms with E-state index in [0.29, 0.717) is 4.88 Å². The van der Waals surface area contributed by atoms with Gasteiger partial charge >= 0.3 is 0 Å². The van der Waals surface area contributed by atoms with Crippen LogP contribution < -0.4 is 10.9 Å². The van der Waals surface area contributed by atoms with Gasteiger partial charge in [-0.2, -0.15) is 0 Å². The van der Waals surface area contributed by atoms with Crippen LogP contribution >= 0.6 is 27.3 Å². The Balaban J connectivity index is 1.68. The molecule has 0 unspecified atom stereocenters. The van der Waals surface area contributed by atoms with Gasteiger partial charge in [0.05, 0.1) is 19.7 Å². The number of hydrogen-bond donors (Lipinski definition) is 2. The van der Waals surface area contributed by atoms with E-state index in [9.17, 15) is 9.59 Å². The fraction of sp³-hybridized carbons (Fsp3) is 0.188. The number of hydrogen-bond acceptors (Lipinski definition) is 4. The summed E-state index contributed by atoms with van der Waals surface area (Å²) in [6.07, 6.45) is 0.720. The lowest BCUT2D eigenvalue weighted by molar-refractivity contribution is -0.122. The summed E-state index contributed by atoms with van der Waals surface area (Å²) in [7, 11) is 0. The molecule has 3 rings (SSSR count). The molecule has 0 aliphatic heterocycles. The maximum atomic E-state index is 12.2. The van der Waals surface area contributed by atoms with Gasteiger partial charge in [0.25, 0.3) is 11.8 Å². The number of halogens is 1. The highest BCUT2D eigenvalue weighted by molar-refractivity contribution is 9.11. The first-order chi connectivity index (χ1) is 11.6. The molecule has 2 aromatic heterocycles. The molecule has 0 radical (unpaired) electrons. The van der Waals surface area contributed by atoms with Gasteiger partial charge in [0.1, 0.15) is 12.4 Å². The Kier molecular flexibility index (Phi) is 4.96. The first kappa shape index (κ1) is 16.7. The smallest absolute Gasteiger partial charge is 0.279 e. The van der Waals surface area contributed by atoms with E-state index in [4.69, 9.17) is 0 Å². The lowest BCUT2D eigenvalue weighted by Crippen LogP contribution is -2.43. The van der Waals surface area contributed by atoms with Crippen LogP contribution in [0.1, 0.15) is 22.4 Å². The van der Waals surface area contributed by atoms with Gasteiger partial charge in [-0.15, -0.1) is 11.3 Å². The summed E-state index contributed by atoms with van der Waals surface area (Å²) in [6, 6.07) is 11.1. The van der Waals surface area contributed by atoms with E-state index in [1.54, 1.807) is 12.1 Å². The molecule has 0 saturated heterocycles. The number of nitrogens with one attached hydrogen (secondary N) is 2. The maximum Gasteiger partial charge on any atom is 0.279 e. The predicted molar refractivity (Wildman–Crippen MR) is 96.7 cm³/mol. The highest BCUT2D eigenvalue weighted by atomic mass is 79.9. The van der Waals surface area contributed by atoms with Gasteiger partial charge in [0.15, 0.2) is 0 Å². The number of fused-ring (bicyclic) bond motifs is 1. The van der Waals surface area contributed by atoms with E-state index in [1.165, 1.54) is 11.3 Å². The normalized spacial score (nSPS) is 10.8. The SMILES string of the molecule is CCc1nc2ccccc2n1CC(=O)NNC(=O)c1ccc(Br)s1. The van der Waals surface area contributed by atoms with E-state index in [-0.39, 0.29) is 18.4 Å². The summed E-state index contributed by atoms with van der Waals surface area (Å²) in [5.41, 5.74) is 6.63. The van der Waals surface area contributed by atoms with Gasteiger partial charge in [-0.1, -0.05) is 19.1 Å². The molecule has 0 spiro atoms. The van der Waals surface area contributed by atoms with Crippen LogP contribution in [0.3, 0.4) is 0 Å². The van der Waals surface area contributed by atoms with Crippen molar-refractivity contribution in [3.63, 3.8) is 0 Å². The molecule has 0 bridgehead atoms. The summed E-state index contributed by atoms with van der Waals surface area (Å²) in [4.78, 5) is 29.2. The molecule has 8 heteroatoms. The van der Waals surface area contributed by atoms with Crippen molar-refractivity contribution in [2.75, 3.05) is 0 Å². The van der Waals surface area contributed by atoms with Gasteiger partial charge in [0.2, 0.25) is 0 Å². The van der Waals surface area contributed by atoms with Crippen LogP contribution in [0.2, 0.25) is 0 Å². The van der Waals surface area contributed by atoms with Crippen LogP contribution in [0.4, 0.5) is 0 Å². The van der Waals surface area contributed by atoms with Crippen LogP contribution in [-0.4, -0.2) is 21.4 Å². The van der Waals surface area contributed by atoms with Crippen LogP contribution in [0.25, 0.3) is 11.0 Å². The van der Waals surface area contributed by atoms with Crippen molar-refractivity contribution in [3.8, 4) is 0 Å². The number of amides is 2. The fourth-order valence-corrected chi connectivity index (χ4v) is 3.66.